The molecule has 0 atom stereocenters. The Bertz CT molecular complexity index is 517. The van der Waals surface area contributed by atoms with Crippen LogP contribution in [-0.4, -0.2) is 11.1 Å². The first-order chi connectivity index (χ1) is 8.24. The van der Waals surface area contributed by atoms with Crippen molar-refractivity contribution in [1.82, 2.24) is 4.98 Å². The van der Waals surface area contributed by atoms with E-state index in [0.29, 0.717) is 16.6 Å². The summed E-state index contributed by atoms with van der Waals surface area (Å²) in [7, 11) is 0. The van der Waals surface area contributed by atoms with E-state index in [0.717, 1.165) is 0 Å². The number of hydrogen-bond acceptors (Lipinski definition) is 3. The molecule has 0 aliphatic carbocycles. The molecule has 0 aliphatic heterocycles. The van der Waals surface area contributed by atoms with Gasteiger partial charge in [-0.2, -0.15) is 0 Å². The van der Waals surface area contributed by atoms with Crippen LogP contribution in [0.2, 0.25) is 5.15 Å². The van der Waals surface area contributed by atoms with Gasteiger partial charge in [0.1, 0.15) is 10.9 Å². The first-order valence-corrected chi connectivity index (χ1v) is 5.27. The molecule has 86 valence electrons. The number of pyridine rings is 1. The van der Waals surface area contributed by atoms with Crippen LogP contribution < -0.4 is 10.1 Å². The number of nitrogens with one attached hydrogen (secondary N) is 1. The molecular formula is C12H9ClN2O2. The Hall–Kier alpha value is -2.07. The van der Waals surface area contributed by atoms with Crippen LogP contribution in [0.25, 0.3) is 0 Å². The van der Waals surface area contributed by atoms with E-state index in [2.05, 4.69) is 10.3 Å². The van der Waals surface area contributed by atoms with Crippen LogP contribution in [0.5, 0.6) is 5.75 Å². The molecule has 1 heterocycles. The van der Waals surface area contributed by atoms with E-state index in [-0.39, 0.29) is 0 Å². The fourth-order valence-corrected chi connectivity index (χ4v) is 1.39. The van der Waals surface area contributed by atoms with Crippen LogP contribution in [0.15, 0.2) is 48.7 Å². The smallest absolute Gasteiger partial charge is 0.410 e. The Kier molecular flexibility index (Phi) is 3.57. The second kappa shape index (κ2) is 5.32. The van der Waals surface area contributed by atoms with Crippen molar-refractivity contribution >= 4 is 23.4 Å². The van der Waals surface area contributed by atoms with Gasteiger partial charge in [-0.05, 0) is 24.3 Å². The molecule has 0 radical (unpaired) electrons. The Labute approximate surface area is 103 Å². The van der Waals surface area contributed by atoms with E-state index in [4.69, 9.17) is 16.3 Å². The van der Waals surface area contributed by atoms with Crippen molar-refractivity contribution in [2.24, 2.45) is 0 Å². The number of ether oxygens (including phenoxy) is 1. The average molecular weight is 249 g/mol. The SMILES string of the molecule is O=C(Nc1ccnc(Cl)c1)Oc1ccccc1. The normalized spacial score (nSPS) is 9.71. The van der Waals surface area contributed by atoms with Gasteiger partial charge in [-0.1, -0.05) is 29.8 Å². The molecule has 0 bridgehead atoms. The summed E-state index contributed by atoms with van der Waals surface area (Å²) in [6, 6.07) is 12.0. The second-order valence-corrected chi connectivity index (χ2v) is 3.58. The number of anilines is 1. The number of carbonyl (C=O) groups is 1. The zero-order valence-corrected chi connectivity index (χ0v) is 9.52. The summed E-state index contributed by atoms with van der Waals surface area (Å²) in [6.07, 6.45) is 0.930. The Morgan fingerprint density at radius 1 is 1.24 bits per heavy atom. The van der Waals surface area contributed by atoms with Crippen LogP contribution in [0.1, 0.15) is 0 Å². The molecule has 0 spiro atoms. The molecule has 1 aromatic carbocycles. The van der Waals surface area contributed by atoms with Gasteiger partial charge in [0.25, 0.3) is 0 Å². The molecule has 0 fully saturated rings. The minimum absolute atomic E-state index is 0.308. The topological polar surface area (TPSA) is 51.2 Å². The van der Waals surface area contributed by atoms with Crippen molar-refractivity contribution in [3.8, 4) is 5.75 Å². The molecular weight excluding hydrogens is 240 g/mol. The molecule has 2 rings (SSSR count). The van der Waals surface area contributed by atoms with Gasteiger partial charge in [0.2, 0.25) is 0 Å². The number of aromatic nitrogens is 1. The van der Waals surface area contributed by atoms with E-state index < -0.39 is 6.09 Å². The Morgan fingerprint density at radius 2 is 2.00 bits per heavy atom. The van der Waals surface area contributed by atoms with Crippen LogP contribution >= 0.6 is 11.6 Å². The summed E-state index contributed by atoms with van der Waals surface area (Å²) in [5.41, 5.74) is 0.533. The number of carbonyl (C=O) groups excluding carboxylic acids is 1. The van der Waals surface area contributed by atoms with Gasteiger partial charge >= 0.3 is 6.09 Å². The Balaban J connectivity index is 1.98. The molecule has 1 aromatic heterocycles. The molecule has 17 heavy (non-hydrogen) atoms. The molecule has 0 unspecified atom stereocenters. The lowest BCUT2D eigenvalue weighted by Gasteiger charge is -2.06. The molecule has 0 aliphatic rings. The number of halogens is 1. The van der Waals surface area contributed by atoms with Crippen molar-refractivity contribution in [2.75, 3.05) is 5.32 Å². The molecule has 4 nitrogen and oxygen atoms in total. The lowest BCUT2D eigenvalue weighted by atomic mass is 10.3. The fourth-order valence-electron chi connectivity index (χ4n) is 1.22. The third kappa shape index (κ3) is 3.46. The number of hydrogen-bond donors (Lipinski definition) is 1. The first kappa shape index (κ1) is 11.4. The van der Waals surface area contributed by atoms with Crippen molar-refractivity contribution in [1.29, 1.82) is 0 Å². The van der Waals surface area contributed by atoms with E-state index in [1.54, 1.807) is 30.3 Å². The number of rotatable bonds is 2. The average Bonchev–Trinajstić information content (AvgIpc) is 2.30. The number of nitrogens with zero attached hydrogens (tertiary/aromatic N) is 1. The third-order valence-corrected chi connectivity index (χ3v) is 2.13. The van der Waals surface area contributed by atoms with Crippen LogP contribution in [-0.2, 0) is 0 Å². The van der Waals surface area contributed by atoms with Crippen molar-refractivity contribution < 1.29 is 9.53 Å². The molecule has 0 saturated heterocycles. The minimum atomic E-state index is -0.571. The van der Waals surface area contributed by atoms with Gasteiger partial charge in [-0.15, -0.1) is 0 Å². The van der Waals surface area contributed by atoms with E-state index in [9.17, 15) is 4.79 Å². The monoisotopic (exact) mass is 248 g/mol. The van der Waals surface area contributed by atoms with E-state index in [1.165, 1.54) is 12.3 Å². The van der Waals surface area contributed by atoms with Crippen LogP contribution in [0, 0.1) is 0 Å². The second-order valence-electron chi connectivity index (χ2n) is 3.19. The van der Waals surface area contributed by atoms with Crippen molar-refractivity contribution in [3.63, 3.8) is 0 Å². The Morgan fingerprint density at radius 3 is 2.71 bits per heavy atom. The summed E-state index contributed by atoms with van der Waals surface area (Å²) in [5.74, 6) is 0.477. The molecule has 1 amide bonds. The summed E-state index contributed by atoms with van der Waals surface area (Å²) >= 11 is 5.69. The molecule has 2 aromatic rings. The van der Waals surface area contributed by atoms with E-state index >= 15 is 0 Å². The minimum Gasteiger partial charge on any atom is -0.410 e. The maximum Gasteiger partial charge on any atom is 0.417 e. The van der Waals surface area contributed by atoms with Crippen LogP contribution in [0.3, 0.4) is 0 Å². The van der Waals surface area contributed by atoms with E-state index in [1.807, 2.05) is 6.07 Å². The van der Waals surface area contributed by atoms with Gasteiger partial charge in [0.05, 0.1) is 0 Å². The maximum absolute atomic E-state index is 11.5. The standard InChI is InChI=1S/C12H9ClN2O2/c13-11-8-9(6-7-14-11)15-12(16)17-10-4-2-1-3-5-10/h1-8H,(H,14,15,16). The predicted molar refractivity (Wildman–Crippen MR) is 65.3 cm³/mol. The van der Waals surface area contributed by atoms with Gasteiger partial charge in [-0.25, -0.2) is 9.78 Å². The highest BCUT2D eigenvalue weighted by Crippen LogP contribution is 2.13. The quantitative estimate of drug-likeness (QED) is 0.830. The largest absolute Gasteiger partial charge is 0.417 e. The number of amides is 1. The maximum atomic E-state index is 11.5. The fraction of sp³-hybridized carbons (Fsp3) is 0. The summed E-state index contributed by atoms with van der Waals surface area (Å²) < 4.78 is 5.04. The van der Waals surface area contributed by atoms with Gasteiger partial charge in [-0.3, -0.25) is 5.32 Å². The van der Waals surface area contributed by atoms with Gasteiger partial charge < -0.3 is 4.74 Å². The van der Waals surface area contributed by atoms with Crippen LogP contribution in [0.4, 0.5) is 10.5 Å². The van der Waals surface area contributed by atoms with Gasteiger partial charge in [0, 0.05) is 11.9 Å². The zero-order valence-electron chi connectivity index (χ0n) is 8.76. The van der Waals surface area contributed by atoms with Gasteiger partial charge in [0.15, 0.2) is 0 Å². The van der Waals surface area contributed by atoms with Crippen molar-refractivity contribution in [2.45, 2.75) is 0 Å². The highest BCUT2D eigenvalue weighted by molar-refractivity contribution is 6.29. The zero-order chi connectivity index (χ0) is 12.1. The summed E-state index contributed by atoms with van der Waals surface area (Å²) in [4.78, 5) is 15.3. The summed E-state index contributed by atoms with van der Waals surface area (Å²) in [5, 5.41) is 2.85. The first-order valence-electron chi connectivity index (χ1n) is 4.89. The predicted octanol–water partition coefficient (Wildman–Crippen LogP) is 3.35. The number of para-hydroxylation sites is 1. The summed E-state index contributed by atoms with van der Waals surface area (Å²) in [6.45, 7) is 0. The molecule has 5 heteroatoms. The molecule has 0 saturated carbocycles. The third-order valence-electron chi connectivity index (χ3n) is 1.93. The highest BCUT2D eigenvalue weighted by atomic mass is 35.5. The van der Waals surface area contributed by atoms with Crippen molar-refractivity contribution in [3.05, 3.63) is 53.8 Å². The lowest BCUT2D eigenvalue weighted by molar-refractivity contribution is 0.215. The highest BCUT2D eigenvalue weighted by Gasteiger charge is 2.04. The molecule has 1 N–H and O–H groups in total. The lowest BCUT2D eigenvalue weighted by Crippen LogP contribution is -2.16. The number of benzene rings is 1.